The predicted octanol–water partition coefficient (Wildman–Crippen LogP) is 2.86. The van der Waals surface area contributed by atoms with Gasteiger partial charge in [-0.1, -0.05) is 30.3 Å². The molecule has 154 valence electrons. The van der Waals surface area contributed by atoms with E-state index < -0.39 is 29.3 Å². The number of piperidine rings is 1. The van der Waals surface area contributed by atoms with Crippen LogP contribution in [0.25, 0.3) is 0 Å². The van der Waals surface area contributed by atoms with E-state index >= 15 is 0 Å². The molecular formula is C20H28N2O6. The zero-order chi connectivity index (χ0) is 20.8. The van der Waals surface area contributed by atoms with Gasteiger partial charge in [-0.15, -0.1) is 0 Å². The Morgan fingerprint density at radius 2 is 1.71 bits per heavy atom. The van der Waals surface area contributed by atoms with Crippen molar-refractivity contribution in [2.75, 3.05) is 20.2 Å². The van der Waals surface area contributed by atoms with Crippen LogP contribution < -0.4 is 5.32 Å². The fraction of sp³-hybridized carbons (Fsp3) is 0.550. The number of rotatable bonds is 4. The van der Waals surface area contributed by atoms with Crippen molar-refractivity contribution in [3.63, 3.8) is 0 Å². The van der Waals surface area contributed by atoms with Crippen molar-refractivity contribution in [3.05, 3.63) is 35.9 Å². The van der Waals surface area contributed by atoms with Gasteiger partial charge in [0.2, 0.25) is 0 Å². The van der Waals surface area contributed by atoms with E-state index in [1.807, 2.05) is 30.3 Å². The number of nitrogens with zero attached hydrogens (tertiary/aromatic N) is 1. The summed E-state index contributed by atoms with van der Waals surface area (Å²) < 4.78 is 15.5. The van der Waals surface area contributed by atoms with Crippen LogP contribution in [0.2, 0.25) is 0 Å². The van der Waals surface area contributed by atoms with Crippen molar-refractivity contribution >= 4 is 18.2 Å². The summed E-state index contributed by atoms with van der Waals surface area (Å²) in [4.78, 5) is 38.4. The molecule has 0 spiro atoms. The number of amides is 2. The maximum atomic E-state index is 12.4. The van der Waals surface area contributed by atoms with Gasteiger partial charge in [-0.2, -0.15) is 0 Å². The Kier molecular flexibility index (Phi) is 6.88. The van der Waals surface area contributed by atoms with E-state index in [0.717, 1.165) is 5.56 Å². The highest BCUT2D eigenvalue weighted by molar-refractivity contribution is 5.86. The number of hydrogen-bond acceptors (Lipinski definition) is 6. The molecule has 1 aliphatic heterocycles. The number of benzene rings is 1. The molecule has 1 fully saturated rings. The van der Waals surface area contributed by atoms with Crippen molar-refractivity contribution in [2.45, 2.75) is 51.4 Å². The highest BCUT2D eigenvalue weighted by Crippen LogP contribution is 2.25. The summed E-state index contributed by atoms with van der Waals surface area (Å²) in [5.41, 5.74) is -1.00. The minimum atomic E-state index is -1.24. The fourth-order valence-corrected chi connectivity index (χ4v) is 2.93. The Bertz CT molecular complexity index is 690. The van der Waals surface area contributed by atoms with Crippen LogP contribution in [-0.2, 0) is 25.6 Å². The van der Waals surface area contributed by atoms with Crippen LogP contribution in [0.3, 0.4) is 0 Å². The van der Waals surface area contributed by atoms with Crippen LogP contribution in [0.5, 0.6) is 0 Å². The molecule has 0 saturated carbocycles. The lowest BCUT2D eigenvalue weighted by molar-refractivity contribution is -0.150. The SMILES string of the molecule is COC(=O)C1(NC(=O)OCc2ccccc2)CCN(C(=O)OC(C)(C)C)CC1. The van der Waals surface area contributed by atoms with Crippen molar-refractivity contribution in [3.8, 4) is 0 Å². The molecule has 1 aromatic rings. The standard InChI is InChI=1S/C20H28N2O6/c1-19(2,3)28-18(25)22-12-10-20(11-13-22,16(23)26-4)21-17(24)27-14-15-8-6-5-7-9-15/h5-9H,10-14H2,1-4H3,(H,21,24). The summed E-state index contributed by atoms with van der Waals surface area (Å²) in [6.07, 6.45) is -0.740. The highest BCUT2D eigenvalue weighted by Gasteiger charge is 2.45. The number of hydrogen-bond donors (Lipinski definition) is 1. The summed E-state index contributed by atoms with van der Waals surface area (Å²) >= 11 is 0. The quantitative estimate of drug-likeness (QED) is 0.625. The summed E-state index contributed by atoms with van der Waals surface area (Å²) in [5.74, 6) is -0.562. The highest BCUT2D eigenvalue weighted by atomic mass is 16.6. The Morgan fingerprint density at radius 3 is 2.25 bits per heavy atom. The molecule has 0 aliphatic carbocycles. The molecule has 1 N–H and O–H groups in total. The van der Waals surface area contributed by atoms with Gasteiger partial charge in [0.05, 0.1) is 7.11 Å². The molecule has 1 aliphatic rings. The van der Waals surface area contributed by atoms with E-state index in [4.69, 9.17) is 14.2 Å². The molecule has 0 atom stereocenters. The van der Waals surface area contributed by atoms with Gasteiger partial charge in [0.15, 0.2) is 0 Å². The number of ether oxygens (including phenoxy) is 3. The van der Waals surface area contributed by atoms with Gasteiger partial charge < -0.3 is 24.4 Å². The van der Waals surface area contributed by atoms with Crippen molar-refractivity contribution < 1.29 is 28.6 Å². The van der Waals surface area contributed by atoms with Gasteiger partial charge in [0.25, 0.3) is 0 Å². The number of carbonyl (C=O) groups excluding carboxylic acids is 3. The molecule has 0 unspecified atom stereocenters. The summed E-state index contributed by atoms with van der Waals surface area (Å²) in [6, 6.07) is 9.23. The first-order chi connectivity index (χ1) is 13.1. The first kappa shape index (κ1) is 21.5. The predicted molar refractivity (Wildman–Crippen MR) is 102 cm³/mol. The van der Waals surface area contributed by atoms with Crippen molar-refractivity contribution in [1.29, 1.82) is 0 Å². The number of likely N-dealkylation sites (tertiary alicyclic amines) is 1. The molecular weight excluding hydrogens is 364 g/mol. The number of carbonyl (C=O) groups is 3. The third-order valence-corrected chi connectivity index (χ3v) is 4.40. The molecule has 0 radical (unpaired) electrons. The number of methoxy groups -OCH3 is 1. The van der Waals surface area contributed by atoms with Gasteiger partial charge in [0, 0.05) is 13.1 Å². The molecule has 28 heavy (non-hydrogen) atoms. The minimum Gasteiger partial charge on any atom is -0.467 e. The van der Waals surface area contributed by atoms with Gasteiger partial charge in [0.1, 0.15) is 17.7 Å². The van der Waals surface area contributed by atoms with Gasteiger partial charge >= 0.3 is 18.2 Å². The third-order valence-electron chi connectivity index (χ3n) is 4.40. The van der Waals surface area contributed by atoms with Crippen molar-refractivity contribution in [1.82, 2.24) is 10.2 Å². The molecule has 1 aromatic carbocycles. The minimum absolute atomic E-state index is 0.0912. The normalized spacial score (nSPS) is 16.1. The smallest absolute Gasteiger partial charge is 0.410 e. The van der Waals surface area contributed by atoms with Crippen LogP contribution in [0.15, 0.2) is 30.3 Å². The van der Waals surface area contributed by atoms with Crippen molar-refractivity contribution in [2.24, 2.45) is 0 Å². The lowest BCUT2D eigenvalue weighted by atomic mass is 9.87. The first-order valence-corrected chi connectivity index (χ1v) is 9.20. The number of esters is 1. The molecule has 8 heteroatoms. The van der Waals surface area contributed by atoms with E-state index in [0.29, 0.717) is 0 Å². The Hall–Kier alpha value is -2.77. The summed E-state index contributed by atoms with van der Waals surface area (Å²) in [6.45, 7) is 5.97. The zero-order valence-electron chi connectivity index (χ0n) is 16.8. The maximum absolute atomic E-state index is 12.4. The van der Waals surface area contributed by atoms with Crippen LogP contribution in [0.1, 0.15) is 39.2 Å². The molecule has 0 bridgehead atoms. The topological polar surface area (TPSA) is 94.2 Å². The summed E-state index contributed by atoms with van der Waals surface area (Å²) in [7, 11) is 1.27. The molecule has 2 rings (SSSR count). The lowest BCUT2D eigenvalue weighted by Crippen LogP contribution is -2.61. The second kappa shape index (κ2) is 8.95. The number of alkyl carbamates (subject to hydrolysis) is 1. The van der Waals surface area contributed by atoms with E-state index in [2.05, 4.69) is 5.32 Å². The monoisotopic (exact) mass is 392 g/mol. The molecule has 0 aromatic heterocycles. The lowest BCUT2D eigenvalue weighted by Gasteiger charge is -2.39. The average Bonchev–Trinajstić information content (AvgIpc) is 2.65. The van der Waals surface area contributed by atoms with Gasteiger partial charge in [-0.05, 0) is 39.2 Å². The maximum Gasteiger partial charge on any atom is 0.410 e. The Morgan fingerprint density at radius 1 is 1.11 bits per heavy atom. The van der Waals surface area contributed by atoms with Gasteiger partial charge in [-0.3, -0.25) is 0 Å². The largest absolute Gasteiger partial charge is 0.467 e. The second-order valence-corrected chi connectivity index (χ2v) is 7.73. The Balaban J connectivity index is 1.97. The van der Waals surface area contributed by atoms with Crippen LogP contribution >= 0.6 is 0 Å². The Labute approximate surface area is 165 Å². The molecule has 8 nitrogen and oxygen atoms in total. The molecule has 1 heterocycles. The summed E-state index contributed by atoms with van der Waals surface area (Å²) in [5, 5.41) is 2.65. The van der Waals surface area contributed by atoms with E-state index in [9.17, 15) is 14.4 Å². The number of nitrogens with one attached hydrogen (secondary N) is 1. The van der Waals surface area contributed by atoms with Crippen LogP contribution in [0, 0.1) is 0 Å². The van der Waals surface area contributed by atoms with E-state index in [-0.39, 0.29) is 32.5 Å². The first-order valence-electron chi connectivity index (χ1n) is 9.20. The van der Waals surface area contributed by atoms with Gasteiger partial charge in [-0.25, -0.2) is 14.4 Å². The second-order valence-electron chi connectivity index (χ2n) is 7.73. The van der Waals surface area contributed by atoms with Crippen LogP contribution in [0.4, 0.5) is 9.59 Å². The van der Waals surface area contributed by atoms with E-state index in [1.165, 1.54) is 12.0 Å². The van der Waals surface area contributed by atoms with E-state index in [1.54, 1.807) is 20.8 Å². The average molecular weight is 392 g/mol. The molecule has 1 saturated heterocycles. The fourth-order valence-electron chi connectivity index (χ4n) is 2.93. The van der Waals surface area contributed by atoms with Crippen LogP contribution in [-0.4, -0.2) is 54.4 Å². The zero-order valence-corrected chi connectivity index (χ0v) is 16.8. The third kappa shape index (κ3) is 5.87. The molecule has 2 amide bonds.